The monoisotopic (exact) mass is 277 g/mol. The van der Waals surface area contributed by atoms with Gasteiger partial charge in [-0.1, -0.05) is 6.07 Å². The van der Waals surface area contributed by atoms with Crippen LogP contribution >= 0.6 is 0 Å². The molecule has 106 valence electrons. The highest BCUT2D eigenvalue weighted by molar-refractivity contribution is 5.99. The molecule has 7 heteroatoms. The van der Waals surface area contributed by atoms with Crippen LogP contribution in [0.25, 0.3) is 6.08 Å². The molecule has 1 aromatic heterocycles. The first-order valence-electron chi connectivity index (χ1n) is 5.84. The van der Waals surface area contributed by atoms with Gasteiger partial charge in [-0.3, -0.25) is 14.6 Å². The van der Waals surface area contributed by atoms with Crippen molar-refractivity contribution in [3.8, 4) is 0 Å². The summed E-state index contributed by atoms with van der Waals surface area (Å²) in [5.74, 6) is -2.01. The van der Waals surface area contributed by atoms with Gasteiger partial charge in [-0.15, -0.1) is 0 Å². The number of aromatic nitrogens is 1. The number of carboxylic acids is 1. The predicted octanol–water partition coefficient (Wildman–Crippen LogP) is 0.0437. The van der Waals surface area contributed by atoms with Crippen molar-refractivity contribution in [1.82, 2.24) is 15.6 Å². The molecule has 0 aliphatic rings. The van der Waals surface area contributed by atoms with Crippen molar-refractivity contribution in [1.29, 1.82) is 0 Å². The van der Waals surface area contributed by atoms with Crippen molar-refractivity contribution in [2.45, 2.75) is 13.0 Å². The lowest BCUT2D eigenvalue weighted by atomic mass is 10.1. The van der Waals surface area contributed by atoms with Crippen LogP contribution in [-0.2, 0) is 9.59 Å². The molecule has 0 fully saturated rings. The molecule has 0 aromatic carbocycles. The van der Waals surface area contributed by atoms with Crippen LogP contribution in [0.1, 0.15) is 23.0 Å². The molecule has 0 saturated carbocycles. The van der Waals surface area contributed by atoms with Gasteiger partial charge in [0.1, 0.15) is 11.7 Å². The van der Waals surface area contributed by atoms with Crippen LogP contribution in [0, 0.1) is 0 Å². The fourth-order valence-corrected chi connectivity index (χ4v) is 1.45. The Bertz CT molecular complexity index is 554. The number of carboxylic acid groups (broad SMARTS) is 1. The summed E-state index contributed by atoms with van der Waals surface area (Å²) in [6, 6.07) is 2.43. The standard InChI is InChI=1S/C13H15N3O4/c1-8(12(19)14-2)16-13(20)11-9(4-3-7-15-11)5-6-10(17)18/h3-8H,1-2H3,(H,14,19)(H,16,20)(H,17,18)/b6-5+. The van der Waals surface area contributed by atoms with Crippen LogP contribution in [0.5, 0.6) is 0 Å². The molecule has 0 radical (unpaired) electrons. The van der Waals surface area contributed by atoms with Crippen LogP contribution in [0.3, 0.4) is 0 Å². The number of nitrogens with one attached hydrogen (secondary N) is 2. The van der Waals surface area contributed by atoms with E-state index >= 15 is 0 Å². The Balaban J connectivity index is 2.93. The molecule has 1 atom stereocenters. The third kappa shape index (κ3) is 4.20. The van der Waals surface area contributed by atoms with Crippen molar-refractivity contribution in [3.05, 3.63) is 35.7 Å². The molecule has 0 saturated heterocycles. The normalized spacial score (nSPS) is 11.9. The summed E-state index contributed by atoms with van der Waals surface area (Å²) in [7, 11) is 1.47. The Morgan fingerprint density at radius 2 is 2.10 bits per heavy atom. The predicted molar refractivity (Wildman–Crippen MR) is 71.9 cm³/mol. The van der Waals surface area contributed by atoms with Crippen LogP contribution in [0.15, 0.2) is 24.4 Å². The lowest BCUT2D eigenvalue weighted by molar-refractivity contribution is -0.131. The van der Waals surface area contributed by atoms with Gasteiger partial charge in [-0.2, -0.15) is 0 Å². The van der Waals surface area contributed by atoms with Crippen molar-refractivity contribution >= 4 is 23.9 Å². The molecule has 0 bridgehead atoms. The minimum Gasteiger partial charge on any atom is -0.478 e. The van der Waals surface area contributed by atoms with Crippen LogP contribution in [0.2, 0.25) is 0 Å². The Morgan fingerprint density at radius 3 is 2.70 bits per heavy atom. The summed E-state index contributed by atoms with van der Waals surface area (Å²) in [4.78, 5) is 37.8. The first kappa shape index (κ1) is 15.4. The van der Waals surface area contributed by atoms with E-state index in [0.717, 1.165) is 6.08 Å². The second kappa shape index (κ2) is 7.03. The van der Waals surface area contributed by atoms with Crippen molar-refractivity contribution in [3.63, 3.8) is 0 Å². The Kier molecular flexibility index (Phi) is 5.40. The van der Waals surface area contributed by atoms with E-state index in [0.29, 0.717) is 5.56 Å². The largest absolute Gasteiger partial charge is 0.478 e. The van der Waals surface area contributed by atoms with Gasteiger partial charge in [0.25, 0.3) is 5.91 Å². The van der Waals surface area contributed by atoms with E-state index < -0.39 is 17.9 Å². The van der Waals surface area contributed by atoms with Crippen molar-refractivity contribution in [2.75, 3.05) is 7.05 Å². The van der Waals surface area contributed by atoms with Crippen molar-refractivity contribution in [2.24, 2.45) is 0 Å². The third-order valence-corrected chi connectivity index (χ3v) is 2.45. The number of nitrogens with zero attached hydrogens (tertiary/aromatic N) is 1. The highest BCUT2D eigenvalue weighted by atomic mass is 16.4. The fourth-order valence-electron chi connectivity index (χ4n) is 1.45. The van der Waals surface area contributed by atoms with Crippen LogP contribution in [0.4, 0.5) is 0 Å². The maximum atomic E-state index is 12.0. The highest BCUT2D eigenvalue weighted by Crippen LogP contribution is 2.08. The van der Waals surface area contributed by atoms with Gasteiger partial charge in [0.05, 0.1) is 0 Å². The Hall–Kier alpha value is -2.70. The zero-order chi connectivity index (χ0) is 15.1. The van der Waals surface area contributed by atoms with Gasteiger partial charge < -0.3 is 15.7 Å². The number of hydrogen-bond donors (Lipinski definition) is 3. The molecule has 1 rings (SSSR count). The molecule has 0 aliphatic carbocycles. The maximum absolute atomic E-state index is 12.0. The van der Waals surface area contributed by atoms with Crippen molar-refractivity contribution < 1.29 is 19.5 Å². The molecule has 0 aliphatic heterocycles. The molecular formula is C13H15N3O4. The quantitative estimate of drug-likeness (QED) is 0.659. The van der Waals surface area contributed by atoms with E-state index in [-0.39, 0.29) is 11.6 Å². The lowest BCUT2D eigenvalue weighted by Gasteiger charge is -2.12. The Morgan fingerprint density at radius 1 is 1.40 bits per heavy atom. The van der Waals surface area contributed by atoms with Gasteiger partial charge in [0.15, 0.2) is 0 Å². The summed E-state index contributed by atoms with van der Waals surface area (Å²) < 4.78 is 0. The van der Waals surface area contributed by atoms with E-state index in [1.165, 1.54) is 26.2 Å². The number of hydrogen-bond acceptors (Lipinski definition) is 4. The highest BCUT2D eigenvalue weighted by Gasteiger charge is 2.17. The van der Waals surface area contributed by atoms with Gasteiger partial charge in [0.2, 0.25) is 5.91 Å². The third-order valence-electron chi connectivity index (χ3n) is 2.45. The second-order valence-electron chi connectivity index (χ2n) is 3.92. The molecule has 20 heavy (non-hydrogen) atoms. The molecule has 7 nitrogen and oxygen atoms in total. The van der Waals surface area contributed by atoms with Crippen LogP contribution in [-0.4, -0.2) is 41.0 Å². The zero-order valence-electron chi connectivity index (χ0n) is 11.1. The minimum atomic E-state index is -1.13. The lowest BCUT2D eigenvalue weighted by Crippen LogP contribution is -2.44. The van der Waals surface area contributed by atoms with Gasteiger partial charge in [0, 0.05) is 24.9 Å². The molecule has 1 heterocycles. The SMILES string of the molecule is CNC(=O)C(C)NC(=O)c1ncccc1/C=C/C(=O)O. The summed E-state index contributed by atoms with van der Waals surface area (Å²) in [5.41, 5.74) is 0.414. The van der Waals surface area contributed by atoms with E-state index in [1.54, 1.807) is 12.1 Å². The number of rotatable bonds is 5. The molecular weight excluding hydrogens is 262 g/mol. The average Bonchev–Trinajstić information content (AvgIpc) is 2.44. The van der Waals surface area contributed by atoms with E-state index in [1.807, 2.05) is 0 Å². The number of pyridine rings is 1. The molecule has 2 amide bonds. The number of carbonyl (C=O) groups excluding carboxylic acids is 2. The van der Waals surface area contributed by atoms with Crippen LogP contribution < -0.4 is 10.6 Å². The smallest absolute Gasteiger partial charge is 0.328 e. The maximum Gasteiger partial charge on any atom is 0.328 e. The fraction of sp³-hybridized carbons (Fsp3) is 0.231. The number of aliphatic carboxylic acids is 1. The van der Waals surface area contributed by atoms with Gasteiger partial charge in [-0.25, -0.2) is 4.79 Å². The zero-order valence-corrected chi connectivity index (χ0v) is 11.1. The molecule has 1 unspecified atom stereocenters. The minimum absolute atomic E-state index is 0.0563. The number of amides is 2. The number of likely N-dealkylation sites (N-methyl/N-ethyl adjacent to an activating group) is 1. The Labute approximate surface area is 115 Å². The molecule has 3 N–H and O–H groups in total. The van der Waals surface area contributed by atoms with Gasteiger partial charge >= 0.3 is 5.97 Å². The summed E-state index contributed by atoms with van der Waals surface area (Å²) in [5, 5.41) is 13.5. The van der Waals surface area contributed by atoms with Gasteiger partial charge in [-0.05, 0) is 19.1 Å². The summed E-state index contributed by atoms with van der Waals surface area (Å²) in [6.45, 7) is 1.53. The number of carbonyl (C=O) groups is 3. The first-order chi connectivity index (χ1) is 9.45. The summed E-state index contributed by atoms with van der Waals surface area (Å²) >= 11 is 0. The van der Waals surface area contributed by atoms with E-state index in [2.05, 4.69) is 15.6 Å². The molecule has 1 aromatic rings. The average molecular weight is 277 g/mol. The van der Waals surface area contributed by atoms with E-state index in [9.17, 15) is 14.4 Å². The summed E-state index contributed by atoms with van der Waals surface area (Å²) in [6.07, 6.45) is 3.60. The van der Waals surface area contributed by atoms with E-state index in [4.69, 9.17) is 5.11 Å². The topological polar surface area (TPSA) is 108 Å². The first-order valence-corrected chi connectivity index (χ1v) is 5.84. The second-order valence-corrected chi connectivity index (χ2v) is 3.92. The molecule has 0 spiro atoms.